The van der Waals surface area contributed by atoms with Gasteiger partial charge in [0, 0.05) is 12.2 Å². The number of aryl methyl sites for hydroxylation is 2. The predicted molar refractivity (Wildman–Crippen MR) is 99.7 cm³/mol. The van der Waals surface area contributed by atoms with Crippen molar-refractivity contribution in [3.8, 4) is 11.5 Å². The molecule has 0 spiro atoms. The van der Waals surface area contributed by atoms with Gasteiger partial charge in [0.1, 0.15) is 0 Å². The van der Waals surface area contributed by atoms with Gasteiger partial charge in [-0.25, -0.2) is 0 Å². The van der Waals surface area contributed by atoms with Crippen LogP contribution in [-0.2, 0) is 9.59 Å². The molecule has 1 unspecified atom stereocenters. The van der Waals surface area contributed by atoms with Gasteiger partial charge < -0.3 is 25.2 Å². The second-order valence-corrected chi connectivity index (χ2v) is 6.43. The Labute approximate surface area is 157 Å². The first-order valence-corrected chi connectivity index (χ1v) is 8.68. The molecule has 1 heterocycles. The Morgan fingerprint density at radius 3 is 2.59 bits per heavy atom. The highest BCUT2D eigenvalue weighted by Gasteiger charge is 2.18. The number of aliphatic hydroxyl groups excluding tert-OH is 1. The number of amides is 2. The summed E-state index contributed by atoms with van der Waals surface area (Å²) in [6.45, 7) is 4.23. The zero-order valence-corrected chi connectivity index (χ0v) is 15.2. The number of fused-ring (bicyclic) bond motifs is 1. The van der Waals surface area contributed by atoms with E-state index in [1.165, 1.54) is 0 Å². The molecule has 0 fully saturated rings. The Kier molecular flexibility index (Phi) is 5.61. The molecule has 0 radical (unpaired) electrons. The van der Waals surface area contributed by atoms with E-state index in [1.807, 2.05) is 26.0 Å². The fraction of sp³-hybridized carbons (Fsp3) is 0.300. The Hall–Kier alpha value is -3.06. The second kappa shape index (κ2) is 8.09. The smallest absolute Gasteiger partial charge is 0.313 e. The topological polar surface area (TPSA) is 96.9 Å². The van der Waals surface area contributed by atoms with Crippen molar-refractivity contribution in [1.29, 1.82) is 0 Å². The van der Waals surface area contributed by atoms with E-state index in [1.54, 1.807) is 24.3 Å². The van der Waals surface area contributed by atoms with E-state index in [2.05, 4.69) is 10.6 Å². The van der Waals surface area contributed by atoms with Gasteiger partial charge in [-0.3, -0.25) is 9.59 Å². The molecular formula is C20H22N2O5. The number of carbonyl (C=O) groups excluding carboxylic acids is 2. The molecule has 1 aliphatic heterocycles. The number of hydrogen-bond acceptors (Lipinski definition) is 5. The number of benzene rings is 2. The quantitative estimate of drug-likeness (QED) is 0.701. The average Bonchev–Trinajstić information content (AvgIpc) is 3.12. The van der Waals surface area contributed by atoms with Gasteiger partial charge in [0.2, 0.25) is 6.79 Å². The van der Waals surface area contributed by atoms with E-state index in [0.29, 0.717) is 22.7 Å². The Balaban J connectivity index is 1.47. The summed E-state index contributed by atoms with van der Waals surface area (Å²) in [6, 6.07) is 10.6. The van der Waals surface area contributed by atoms with E-state index in [0.717, 1.165) is 11.1 Å². The van der Waals surface area contributed by atoms with Crippen LogP contribution in [0, 0.1) is 13.8 Å². The minimum absolute atomic E-state index is 0.161. The number of carbonyl (C=O) groups is 2. The third kappa shape index (κ3) is 4.57. The van der Waals surface area contributed by atoms with Crippen LogP contribution in [0.1, 0.15) is 29.2 Å². The van der Waals surface area contributed by atoms with Crippen LogP contribution in [0.2, 0.25) is 0 Å². The number of aliphatic hydroxyl groups is 1. The molecule has 7 heteroatoms. The zero-order valence-electron chi connectivity index (χ0n) is 15.2. The first-order valence-electron chi connectivity index (χ1n) is 8.68. The summed E-state index contributed by atoms with van der Waals surface area (Å²) in [7, 11) is 0. The van der Waals surface area contributed by atoms with Gasteiger partial charge in [-0.15, -0.1) is 0 Å². The molecule has 1 atom stereocenters. The summed E-state index contributed by atoms with van der Waals surface area (Å²) in [4.78, 5) is 23.9. The van der Waals surface area contributed by atoms with Crippen LogP contribution in [0.15, 0.2) is 36.4 Å². The lowest BCUT2D eigenvalue weighted by molar-refractivity contribution is -0.136. The highest BCUT2D eigenvalue weighted by atomic mass is 16.7. The fourth-order valence-corrected chi connectivity index (χ4v) is 2.70. The predicted octanol–water partition coefficient (Wildman–Crippen LogP) is 2.21. The van der Waals surface area contributed by atoms with Crippen LogP contribution >= 0.6 is 0 Å². The molecule has 0 aliphatic carbocycles. The molecule has 3 N–H and O–H groups in total. The molecule has 27 heavy (non-hydrogen) atoms. The molecule has 1 aliphatic rings. The van der Waals surface area contributed by atoms with E-state index in [4.69, 9.17) is 9.47 Å². The standard InChI is InChI=1S/C20H22N2O5/c1-12-3-5-15(9-13(12)2)22-20(25)19(24)21-8-7-16(23)14-4-6-17-18(10-14)27-11-26-17/h3-6,9-10,16,23H,7-8,11H2,1-2H3,(H,21,24)(H,22,25). The third-order valence-electron chi connectivity index (χ3n) is 4.46. The van der Waals surface area contributed by atoms with Gasteiger partial charge in [0.25, 0.3) is 0 Å². The summed E-state index contributed by atoms with van der Waals surface area (Å²) < 4.78 is 10.5. The SMILES string of the molecule is Cc1ccc(NC(=O)C(=O)NCCC(O)c2ccc3c(c2)OCO3)cc1C. The third-order valence-corrected chi connectivity index (χ3v) is 4.46. The van der Waals surface area contributed by atoms with Crippen molar-refractivity contribution in [1.82, 2.24) is 5.32 Å². The average molecular weight is 370 g/mol. The van der Waals surface area contributed by atoms with Crippen molar-refractivity contribution in [3.63, 3.8) is 0 Å². The molecule has 2 amide bonds. The number of rotatable bonds is 5. The van der Waals surface area contributed by atoms with Gasteiger partial charge in [0.15, 0.2) is 11.5 Å². The normalized spacial score (nSPS) is 13.1. The Bertz CT molecular complexity index is 865. The second-order valence-electron chi connectivity index (χ2n) is 6.43. The lowest BCUT2D eigenvalue weighted by Crippen LogP contribution is -2.36. The van der Waals surface area contributed by atoms with Gasteiger partial charge in [-0.1, -0.05) is 12.1 Å². The van der Waals surface area contributed by atoms with Crippen molar-refractivity contribution in [2.75, 3.05) is 18.7 Å². The van der Waals surface area contributed by atoms with Crippen molar-refractivity contribution >= 4 is 17.5 Å². The molecule has 7 nitrogen and oxygen atoms in total. The van der Waals surface area contributed by atoms with Crippen LogP contribution in [0.25, 0.3) is 0 Å². The molecule has 0 saturated heterocycles. The maximum Gasteiger partial charge on any atom is 0.313 e. The first-order chi connectivity index (χ1) is 12.9. The molecule has 2 aromatic carbocycles. The van der Waals surface area contributed by atoms with E-state index in [-0.39, 0.29) is 19.8 Å². The maximum atomic E-state index is 12.0. The number of ether oxygens (including phenoxy) is 2. The van der Waals surface area contributed by atoms with Crippen LogP contribution in [-0.4, -0.2) is 30.3 Å². The lowest BCUT2D eigenvalue weighted by Gasteiger charge is -2.12. The van der Waals surface area contributed by atoms with Crippen molar-refractivity contribution in [3.05, 3.63) is 53.1 Å². The number of nitrogens with one attached hydrogen (secondary N) is 2. The molecule has 0 saturated carbocycles. The van der Waals surface area contributed by atoms with Crippen LogP contribution in [0.3, 0.4) is 0 Å². The molecule has 142 valence electrons. The van der Waals surface area contributed by atoms with E-state index >= 15 is 0 Å². The first kappa shape index (κ1) is 18.7. The summed E-state index contributed by atoms with van der Waals surface area (Å²) in [5.74, 6) is -0.257. The van der Waals surface area contributed by atoms with Crippen LogP contribution < -0.4 is 20.1 Å². The Morgan fingerprint density at radius 1 is 1.04 bits per heavy atom. The highest BCUT2D eigenvalue weighted by molar-refractivity contribution is 6.39. The number of hydrogen-bond donors (Lipinski definition) is 3. The molecule has 3 rings (SSSR count). The fourth-order valence-electron chi connectivity index (χ4n) is 2.70. The van der Waals surface area contributed by atoms with Crippen LogP contribution in [0.4, 0.5) is 5.69 Å². The van der Waals surface area contributed by atoms with Crippen LogP contribution in [0.5, 0.6) is 11.5 Å². The summed E-state index contributed by atoms with van der Waals surface area (Å²) in [5.41, 5.74) is 3.36. The van der Waals surface area contributed by atoms with Crippen molar-refractivity contribution in [2.45, 2.75) is 26.4 Å². The van der Waals surface area contributed by atoms with Crippen molar-refractivity contribution < 1.29 is 24.2 Å². The molecule has 0 aromatic heterocycles. The molecule has 0 bridgehead atoms. The van der Waals surface area contributed by atoms with E-state index in [9.17, 15) is 14.7 Å². The van der Waals surface area contributed by atoms with E-state index < -0.39 is 17.9 Å². The maximum absolute atomic E-state index is 12.0. The molecule has 2 aromatic rings. The van der Waals surface area contributed by atoms with Gasteiger partial charge in [-0.05, 0) is 61.2 Å². The van der Waals surface area contributed by atoms with Gasteiger partial charge in [-0.2, -0.15) is 0 Å². The number of anilines is 1. The minimum atomic E-state index is -0.789. The van der Waals surface area contributed by atoms with Gasteiger partial charge in [0.05, 0.1) is 6.10 Å². The Morgan fingerprint density at radius 2 is 1.81 bits per heavy atom. The molecular weight excluding hydrogens is 348 g/mol. The summed E-state index contributed by atoms with van der Waals surface area (Å²) >= 11 is 0. The van der Waals surface area contributed by atoms with Gasteiger partial charge >= 0.3 is 11.8 Å². The zero-order chi connectivity index (χ0) is 19.4. The lowest BCUT2D eigenvalue weighted by atomic mass is 10.1. The minimum Gasteiger partial charge on any atom is -0.454 e. The van der Waals surface area contributed by atoms with Crippen molar-refractivity contribution in [2.24, 2.45) is 0 Å². The monoisotopic (exact) mass is 370 g/mol. The largest absolute Gasteiger partial charge is 0.454 e. The summed E-state index contributed by atoms with van der Waals surface area (Å²) in [5, 5.41) is 15.3. The summed E-state index contributed by atoms with van der Waals surface area (Å²) in [6.07, 6.45) is -0.523. The highest BCUT2D eigenvalue weighted by Crippen LogP contribution is 2.34.